The molecule has 0 nitrogen and oxygen atoms in total. The molecule has 0 unspecified atom stereocenters. The maximum Gasteiger partial charge on any atom is 0.0761 e. The molecular weight excluding hydrogens is 144 g/mol. The SMILES string of the molecule is CC1=C(C)C(Cl)C(C)=C1C. The van der Waals surface area contributed by atoms with Gasteiger partial charge in [0.1, 0.15) is 0 Å². The molecule has 0 radical (unpaired) electrons. The number of hydrogen-bond acceptors (Lipinski definition) is 0. The summed E-state index contributed by atoms with van der Waals surface area (Å²) in [6, 6.07) is 0. The molecule has 0 saturated heterocycles. The van der Waals surface area contributed by atoms with Crippen molar-refractivity contribution < 1.29 is 0 Å². The number of allylic oxidation sites excluding steroid dienone is 4. The first-order valence-electron chi connectivity index (χ1n) is 3.55. The topological polar surface area (TPSA) is 0 Å². The van der Waals surface area contributed by atoms with Gasteiger partial charge in [-0.2, -0.15) is 0 Å². The fourth-order valence-corrected chi connectivity index (χ4v) is 1.62. The largest absolute Gasteiger partial charge is 0.113 e. The van der Waals surface area contributed by atoms with E-state index in [1.807, 2.05) is 0 Å². The summed E-state index contributed by atoms with van der Waals surface area (Å²) in [6.45, 7) is 8.48. The predicted molar refractivity (Wildman–Crippen MR) is 46.4 cm³/mol. The van der Waals surface area contributed by atoms with Crippen molar-refractivity contribution in [3.05, 3.63) is 22.3 Å². The standard InChI is InChI=1S/C9H13Cl/c1-5-6(2)8(4)9(10)7(5)3/h9H,1-4H3. The highest BCUT2D eigenvalue weighted by Gasteiger charge is 2.21. The molecule has 1 aliphatic carbocycles. The molecule has 0 spiro atoms. The molecule has 0 amide bonds. The lowest BCUT2D eigenvalue weighted by Crippen LogP contribution is -1.96. The van der Waals surface area contributed by atoms with Crippen molar-refractivity contribution in [2.24, 2.45) is 0 Å². The van der Waals surface area contributed by atoms with E-state index in [1.165, 1.54) is 22.3 Å². The van der Waals surface area contributed by atoms with Gasteiger partial charge in [0, 0.05) is 0 Å². The van der Waals surface area contributed by atoms with Gasteiger partial charge < -0.3 is 0 Å². The highest BCUT2D eigenvalue weighted by atomic mass is 35.5. The molecule has 0 saturated carbocycles. The average Bonchev–Trinajstić information content (AvgIpc) is 2.07. The third-order valence-electron chi connectivity index (χ3n) is 2.51. The Bertz CT molecular complexity index is 197. The van der Waals surface area contributed by atoms with Crippen LogP contribution in [0.3, 0.4) is 0 Å². The smallest absolute Gasteiger partial charge is 0.0761 e. The molecule has 1 aliphatic rings. The second-order valence-corrected chi connectivity index (χ2v) is 3.42. The zero-order chi connectivity index (χ0) is 7.89. The van der Waals surface area contributed by atoms with Gasteiger partial charge in [-0.05, 0) is 50.0 Å². The Balaban J connectivity index is 3.09. The average molecular weight is 157 g/mol. The summed E-state index contributed by atoms with van der Waals surface area (Å²) in [5.41, 5.74) is 5.38. The molecular formula is C9H13Cl. The van der Waals surface area contributed by atoms with Crippen molar-refractivity contribution in [2.75, 3.05) is 0 Å². The lowest BCUT2D eigenvalue weighted by molar-refractivity contribution is 1.14. The molecule has 0 bridgehead atoms. The first kappa shape index (κ1) is 7.87. The predicted octanol–water partition coefficient (Wildman–Crippen LogP) is 3.28. The van der Waals surface area contributed by atoms with Crippen LogP contribution >= 0.6 is 11.6 Å². The van der Waals surface area contributed by atoms with Crippen molar-refractivity contribution in [2.45, 2.75) is 33.1 Å². The van der Waals surface area contributed by atoms with Gasteiger partial charge >= 0.3 is 0 Å². The van der Waals surface area contributed by atoms with Crippen LogP contribution in [0, 0.1) is 0 Å². The van der Waals surface area contributed by atoms with Crippen molar-refractivity contribution in [3.8, 4) is 0 Å². The Morgan fingerprint density at radius 2 is 1.20 bits per heavy atom. The van der Waals surface area contributed by atoms with Gasteiger partial charge in [0.15, 0.2) is 0 Å². The van der Waals surface area contributed by atoms with E-state index >= 15 is 0 Å². The van der Waals surface area contributed by atoms with Crippen LogP contribution < -0.4 is 0 Å². The molecule has 0 atom stereocenters. The number of alkyl halides is 1. The first-order chi connectivity index (χ1) is 4.55. The van der Waals surface area contributed by atoms with Gasteiger partial charge in [0.05, 0.1) is 5.38 Å². The normalized spacial score (nSPS) is 21.3. The van der Waals surface area contributed by atoms with Crippen LogP contribution in [0.5, 0.6) is 0 Å². The second-order valence-electron chi connectivity index (χ2n) is 2.98. The fourth-order valence-electron chi connectivity index (χ4n) is 1.30. The summed E-state index contributed by atoms with van der Waals surface area (Å²) >= 11 is 6.09. The molecule has 1 heteroatoms. The van der Waals surface area contributed by atoms with Crippen LogP contribution in [0.1, 0.15) is 27.7 Å². The van der Waals surface area contributed by atoms with Crippen LogP contribution in [0.4, 0.5) is 0 Å². The maximum atomic E-state index is 6.09. The Hall–Kier alpha value is -0.230. The molecule has 0 heterocycles. The van der Waals surface area contributed by atoms with Gasteiger partial charge in [-0.25, -0.2) is 0 Å². The molecule has 0 N–H and O–H groups in total. The fraction of sp³-hybridized carbons (Fsp3) is 0.556. The van der Waals surface area contributed by atoms with E-state index in [2.05, 4.69) is 27.7 Å². The Morgan fingerprint density at radius 1 is 0.900 bits per heavy atom. The molecule has 0 fully saturated rings. The van der Waals surface area contributed by atoms with Crippen molar-refractivity contribution >= 4 is 11.6 Å². The summed E-state index contributed by atoms with van der Waals surface area (Å²) in [5.74, 6) is 0. The molecule has 1 rings (SSSR count). The van der Waals surface area contributed by atoms with E-state index in [-0.39, 0.29) is 5.38 Å². The van der Waals surface area contributed by atoms with Crippen molar-refractivity contribution in [1.82, 2.24) is 0 Å². The molecule has 10 heavy (non-hydrogen) atoms. The van der Waals surface area contributed by atoms with E-state index in [9.17, 15) is 0 Å². The van der Waals surface area contributed by atoms with Crippen LogP contribution in [-0.2, 0) is 0 Å². The summed E-state index contributed by atoms with van der Waals surface area (Å²) in [7, 11) is 0. The number of hydrogen-bond donors (Lipinski definition) is 0. The van der Waals surface area contributed by atoms with Crippen molar-refractivity contribution in [1.29, 1.82) is 0 Å². The minimum atomic E-state index is 0.167. The van der Waals surface area contributed by atoms with Crippen LogP contribution in [0.25, 0.3) is 0 Å². The quantitative estimate of drug-likeness (QED) is 0.473. The van der Waals surface area contributed by atoms with Gasteiger partial charge in [0.2, 0.25) is 0 Å². The van der Waals surface area contributed by atoms with E-state index in [0.29, 0.717) is 0 Å². The van der Waals surface area contributed by atoms with E-state index < -0.39 is 0 Å². The lowest BCUT2D eigenvalue weighted by Gasteiger charge is -2.02. The highest BCUT2D eigenvalue weighted by molar-refractivity contribution is 6.24. The van der Waals surface area contributed by atoms with E-state index in [1.54, 1.807) is 0 Å². The lowest BCUT2D eigenvalue weighted by atomic mass is 10.1. The highest BCUT2D eigenvalue weighted by Crippen LogP contribution is 2.34. The second kappa shape index (κ2) is 2.43. The van der Waals surface area contributed by atoms with Gasteiger partial charge in [-0.3, -0.25) is 0 Å². The third-order valence-corrected chi connectivity index (χ3v) is 3.16. The molecule has 0 aromatic rings. The Morgan fingerprint density at radius 3 is 1.30 bits per heavy atom. The zero-order valence-corrected chi connectivity index (χ0v) is 7.71. The van der Waals surface area contributed by atoms with Crippen LogP contribution in [0.15, 0.2) is 22.3 Å². The van der Waals surface area contributed by atoms with Crippen molar-refractivity contribution in [3.63, 3.8) is 0 Å². The summed E-state index contributed by atoms with van der Waals surface area (Å²) in [5, 5.41) is 0.167. The minimum absolute atomic E-state index is 0.167. The summed E-state index contributed by atoms with van der Waals surface area (Å²) < 4.78 is 0. The van der Waals surface area contributed by atoms with Crippen LogP contribution in [-0.4, -0.2) is 5.38 Å². The van der Waals surface area contributed by atoms with Crippen LogP contribution in [0.2, 0.25) is 0 Å². The molecule has 0 aromatic carbocycles. The number of halogens is 1. The molecule has 56 valence electrons. The Kier molecular flexibility index (Phi) is 1.91. The van der Waals surface area contributed by atoms with E-state index in [0.717, 1.165) is 0 Å². The third kappa shape index (κ3) is 0.911. The van der Waals surface area contributed by atoms with Gasteiger partial charge in [0.25, 0.3) is 0 Å². The van der Waals surface area contributed by atoms with Gasteiger partial charge in [-0.1, -0.05) is 0 Å². The monoisotopic (exact) mass is 156 g/mol. The minimum Gasteiger partial charge on any atom is -0.113 e. The number of rotatable bonds is 0. The summed E-state index contributed by atoms with van der Waals surface area (Å²) in [4.78, 5) is 0. The zero-order valence-electron chi connectivity index (χ0n) is 6.96. The Labute approximate surface area is 67.6 Å². The van der Waals surface area contributed by atoms with Gasteiger partial charge in [-0.15, -0.1) is 11.6 Å². The van der Waals surface area contributed by atoms with E-state index in [4.69, 9.17) is 11.6 Å². The maximum absolute atomic E-state index is 6.09. The molecule has 0 aromatic heterocycles. The first-order valence-corrected chi connectivity index (χ1v) is 3.98. The summed E-state index contributed by atoms with van der Waals surface area (Å²) in [6.07, 6.45) is 0. The molecule has 0 aliphatic heterocycles.